The standard InChI is InChI=1S/C15H34NO/c1-5-6-7-8-9-10-11-12-13-14-15(17)16(2,3)4/h15,17H,5-14H2,1-4H3/q+1. The molecule has 17 heavy (non-hydrogen) atoms. The predicted molar refractivity (Wildman–Crippen MR) is 75.9 cm³/mol. The summed E-state index contributed by atoms with van der Waals surface area (Å²) in [5.74, 6) is 0. The molecule has 2 nitrogen and oxygen atoms in total. The van der Waals surface area contributed by atoms with Crippen molar-refractivity contribution in [3.63, 3.8) is 0 Å². The van der Waals surface area contributed by atoms with Crippen molar-refractivity contribution in [1.29, 1.82) is 0 Å². The molecule has 0 spiro atoms. The molecule has 0 aromatic heterocycles. The van der Waals surface area contributed by atoms with E-state index in [2.05, 4.69) is 28.1 Å². The summed E-state index contributed by atoms with van der Waals surface area (Å²) in [7, 11) is 6.16. The average Bonchev–Trinajstić information content (AvgIpc) is 2.25. The van der Waals surface area contributed by atoms with Crippen LogP contribution in [-0.4, -0.2) is 37.0 Å². The molecule has 0 heterocycles. The molecule has 104 valence electrons. The van der Waals surface area contributed by atoms with E-state index in [1.807, 2.05) is 0 Å². The van der Waals surface area contributed by atoms with Gasteiger partial charge in [-0.2, -0.15) is 0 Å². The maximum absolute atomic E-state index is 9.86. The summed E-state index contributed by atoms with van der Waals surface area (Å²) in [6.45, 7) is 2.26. The SMILES string of the molecule is CCCCCCCCCCCC(O)[N+](C)(C)C. The summed E-state index contributed by atoms with van der Waals surface area (Å²) in [4.78, 5) is 0. The van der Waals surface area contributed by atoms with E-state index in [1.165, 1.54) is 57.8 Å². The Balaban J connectivity index is 3.19. The van der Waals surface area contributed by atoms with Crippen LogP contribution in [0.2, 0.25) is 0 Å². The lowest BCUT2D eigenvalue weighted by Gasteiger charge is -2.29. The Morgan fingerprint density at radius 3 is 1.59 bits per heavy atom. The van der Waals surface area contributed by atoms with Crippen molar-refractivity contribution in [2.75, 3.05) is 21.1 Å². The van der Waals surface area contributed by atoms with Crippen molar-refractivity contribution in [2.24, 2.45) is 0 Å². The molecule has 1 unspecified atom stereocenters. The lowest BCUT2D eigenvalue weighted by molar-refractivity contribution is -0.919. The minimum Gasteiger partial charge on any atom is -0.345 e. The largest absolute Gasteiger partial charge is 0.345 e. The predicted octanol–water partition coefficient (Wildman–Crippen LogP) is 3.93. The van der Waals surface area contributed by atoms with Crippen LogP contribution in [0.5, 0.6) is 0 Å². The summed E-state index contributed by atoms with van der Waals surface area (Å²) in [5.41, 5.74) is 0. The van der Waals surface area contributed by atoms with E-state index in [1.54, 1.807) is 0 Å². The highest BCUT2D eigenvalue weighted by Gasteiger charge is 2.19. The highest BCUT2D eigenvalue weighted by atomic mass is 16.3. The van der Waals surface area contributed by atoms with Gasteiger partial charge in [0.15, 0.2) is 6.23 Å². The normalized spacial score (nSPS) is 13.9. The van der Waals surface area contributed by atoms with Crippen LogP contribution in [0.15, 0.2) is 0 Å². The Bertz CT molecular complexity index is 163. The minimum absolute atomic E-state index is 0.195. The topological polar surface area (TPSA) is 20.2 Å². The Labute approximate surface area is 109 Å². The number of nitrogens with zero attached hydrogens (tertiary/aromatic N) is 1. The molecule has 2 heteroatoms. The Kier molecular flexibility index (Phi) is 9.85. The third-order valence-electron chi connectivity index (χ3n) is 3.46. The number of aliphatic hydroxyl groups excluding tert-OH is 1. The van der Waals surface area contributed by atoms with Crippen molar-refractivity contribution in [3.05, 3.63) is 0 Å². The molecular weight excluding hydrogens is 210 g/mol. The summed E-state index contributed by atoms with van der Waals surface area (Å²) in [5, 5.41) is 9.86. The number of hydrogen-bond acceptors (Lipinski definition) is 1. The average molecular weight is 244 g/mol. The van der Waals surface area contributed by atoms with Gasteiger partial charge in [0.25, 0.3) is 0 Å². The van der Waals surface area contributed by atoms with Gasteiger partial charge in [-0.3, -0.25) is 0 Å². The number of unbranched alkanes of at least 4 members (excludes halogenated alkanes) is 8. The number of rotatable bonds is 11. The maximum Gasteiger partial charge on any atom is 0.189 e. The molecule has 0 bridgehead atoms. The fourth-order valence-electron chi connectivity index (χ4n) is 2.02. The van der Waals surface area contributed by atoms with Crippen LogP contribution in [0.1, 0.15) is 71.1 Å². The molecular formula is C15H34NO+. The Morgan fingerprint density at radius 1 is 0.765 bits per heavy atom. The Morgan fingerprint density at radius 2 is 1.18 bits per heavy atom. The third-order valence-corrected chi connectivity index (χ3v) is 3.46. The van der Waals surface area contributed by atoms with Crippen LogP contribution in [0.3, 0.4) is 0 Å². The van der Waals surface area contributed by atoms with Gasteiger partial charge in [-0.15, -0.1) is 0 Å². The molecule has 0 radical (unpaired) electrons. The van der Waals surface area contributed by atoms with E-state index >= 15 is 0 Å². The summed E-state index contributed by atoms with van der Waals surface area (Å²) >= 11 is 0. The molecule has 1 atom stereocenters. The van der Waals surface area contributed by atoms with Gasteiger partial charge in [0.05, 0.1) is 21.1 Å². The van der Waals surface area contributed by atoms with Gasteiger partial charge < -0.3 is 9.59 Å². The molecule has 0 saturated carbocycles. The quantitative estimate of drug-likeness (QED) is 0.332. The molecule has 0 aromatic carbocycles. The molecule has 0 aromatic rings. The van der Waals surface area contributed by atoms with E-state index < -0.39 is 0 Å². The van der Waals surface area contributed by atoms with E-state index in [-0.39, 0.29) is 6.23 Å². The fourth-order valence-corrected chi connectivity index (χ4v) is 2.02. The molecule has 0 rings (SSSR count). The number of hydrogen-bond donors (Lipinski definition) is 1. The van der Waals surface area contributed by atoms with Gasteiger partial charge in [0.1, 0.15) is 0 Å². The first-order valence-corrected chi connectivity index (χ1v) is 7.47. The summed E-state index contributed by atoms with van der Waals surface area (Å²) < 4.78 is 0.664. The zero-order valence-electron chi connectivity index (χ0n) is 12.5. The summed E-state index contributed by atoms with van der Waals surface area (Å²) in [6, 6.07) is 0. The van der Waals surface area contributed by atoms with Gasteiger partial charge >= 0.3 is 0 Å². The highest BCUT2D eigenvalue weighted by molar-refractivity contribution is 4.49. The first-order chi connectivity index (χ1) is 7.98. The maximum atomic E-state index is 9.86. The van der Waals surface area contributed by atoms with Crippen LogP contribution in [0.25, 0.3) is 0 Å². The molecule has 0 fully saturated rings. The molecule has 1 N–H and O–H groups in total. The van der Waals surface area contributed by atoms with Crippen molar-refractivity contribution in [1.82, 2.24) is 0 Å². The van der Waals surface area contributed by atoms with Crippen molar-refractivity contribution in [3.8, 4) is 0 Å². The number of quaternary nitrogens is 1. The number of aliphatic hydroxyl groups is 1. The van der Waals surface area contributed by atoms with E-state index in [9.17, 15) is 5.11 Å². The van der Waals surface area contributed by atoms with Crippen molar-refractivity contribution in [2.45, 2.75) is 77.4 Å². The summed E-state index contributed by atoms with van der Waals surface area (Å²) in [6.07, 6.45) is 12.9. The third kappa shape index (κ3) is 10.8. The first kappa shape index (κ1) is 16.9. The molecule has 0 saturated heterocycles. The highest BCUT2D eigenvalue weighted by Crippen LogP contribution is 2.13. The van der Waals surface area contributed by atoms with Gasteiger partial charge in [0.2, 0.25) is 0 Å². The lowest BCUT2D eigenvalue weighted by Crippen LogP contribution is -2.44. The minimum atomic E-state index is -0.195. The zero-order chi connectivity index (χ0) is 13.1. The van der Waals surface area contributed by atoms with Crippen LogP contribution >= 0.6 is 0 Å². The van der Waals surface area contributed by atoms with Crippen LogP contribution < -0.4 is 0 Å². The second-order valence-corrected chi connectivity index (χ2v) is 6.21. The van der Waals surface area contributed by atoms with Crippen LogP contribution in [0.4, 0.5) is 0 Å². The van der Waals surface area contributed by atoms with Gasteiger partial charge in [0, 0.05) is 6.42 Å². The van der Waals surface area contributed by atoms with Gasteiger partial charge in [-0.1, -0.05) is 58.3 Å². The van der Waals surface area contributed by atoms with Gasteiger partial charge in [-0.05, 0) is 6.42 Å². The van der Waals surface area contributed by atoms with Crippen molar-refractivity contribution < 1.29 is 9.59 Å². The second-order valence-electron chi connectivity index (χ2n) is 6.21. The lowest BCUT2D eigenvalue weighted by atomic mass is 10.1. The zero-order valence-corrected chi connectivity index (χ0v) is 12.5. The van der Waals surface area contributed by atoms with Crippen molar-refractivity contribution >= 4 is 0 Å². The van der Waals surface area contributed by atoms with E-state index in [0.29, 0.717) is 4.48 Å². The van der Waals surface area contributed by atoms with Crippen LogP contribution in [0, 0.1) is 0 Å². The van der Waals surface area contributed by atoms with Gasteiger partial charge in [-0.25, -0.2) is 0 Å². The van der Waals surface area contributed by atoms with Crippen LogP contribution in [-0.2, 0) is 0 Å². The molecule has 0 aliphatic rings. The molecule has 0 aliphatic heterocycles. The molecule has 0 amide bonds. The van der Waals surface area contributed by atoms with E-state index in [0.717, 1.165) is 6.42 Å². The fraction of sp³-hybridized carbons (Fsp3) is 1.00. The molecule has 0 aliphatic carbocycles. The Hall–Kier alpha value is -0.0800. The first-order valence-electron chi connectivity index (χ1n) is 7.47. The monoisotopic (exact) mass is 244 g/mol. The smallest absolute Gasteiger partial charge is 0.189 e. The van der Waals surface area contributed by atoms with E-state index in [4.69, 9.17) is 0 Å². The second kappa shape index (κ2) is 9.90.